The third-order valence-corrected chi connectivity index (χ3v) is 3.95. The van der Waals surface area contributed by atoms with Crippen LogP contribution in [-0.2, 0) is 9.53 Å². The Morgan fingerprint density at radius 1 is 1.13 bits per heavy atom. The van der Waals surface area contributed by atoms with Gasteiger partial charge in [0.25, 0.3) is 0 Å². The first-order chi connectivity index (χ1) is 11.2. The zero-order valence-electron chi connectivity index (χ0n) is 13.0. The number of nitrogens with two attached hydrogens (primary N) is 1. The molecule has 2 aromatic carbocycles. The molecule has 0 bridgehead atoms. The van der Waals surface area contributed by atoms with E-state index in [2.05, 4.69) is 12.1 Å². The van der Waals surface area contributed by atoms with Crippen molar-refractivity contribution in [2.45, 2.75) is 18.9 Å². The van der Waals surface area contributed by atoms with Crippen molar-refractivity contribution in [3.8, 4) is 11.1 Å². The van der Waals surface area contributed by atoms with Gasteiger partial charge in [-0.15, -0.1) is 0 Å². The van der Waals surface area contributed by atoms with Gasteiger partial charge >= 0.3 is 5.97 Å². The van der Waals surface area contributed by atoms with Crippen LogP contribution >= 0.6 is 0 Å². The van der Waals surface area contributed by atoms with Gasteiger partial charge in [0.15, 0.2) is 0 Å². The van der Waals surface area contributed by atoms with Gasteiger partial charge in [-0.05, 0) is 41.8 Å². The first kappa shape index (κ1) is 15.1. The van der Waals surface area contributed by atoms with Crippen LogP contribution in [0.5, 0.6) is 0 Å². The predicted octanol–water partition coefficient (Wildman–Crippen LogP) is 4.08. The Labute approximate surface area is 136 Å². The molecule has 1 aliphatic rings. The number of rotatable bonds is 3. The van der Waals surface area contributed by atoms with Crippen LogP contribution in [-0.4, -0.2) is 12.1 Å². The number of nitrogen functional groups attached to an aromatic ring is 1. The summed E-state index contributed by atoms with van der Waals surface area (Å²) in [6, 6.07) is 16.0. The van der Waals surface area contributed by atoms with Gasteiger partial charge < -0.3 is 10.5 Å². The predicted molar refractivity (Wildman–Crippen MR) is 92.9 cm³/mol. The normalized spacial score (nSPS) is 20.7. The van der Waals surface area contributed by atoms with Crippen LogP contribution in [0, 0.1) is 0 Å². The molecule has 0 unspecified atom stereocenters. The van der Waals surface area contributed by atoms with E-state index < -0.39 is 0 Å². The fourth-order valence-electron chi connectivity index (χ4n) is 2.91. The van der Waals surface area contributed by atoms with Gasteiger partial charge in [-0.1, -0.05) is 48.6 Å². The van der Waals surface area contributed by atoms with Crippen LogP contribution < -0.4 is 5.73 Å². The molecule has 0 spiro atoms. The first-order valence-electron chi connectivity index (χ1n) is 7.65. The molecule has 2 aromatic rings. The van der Waals surface area contributed by atoms with Crippen LogP contribution in [0.2, 0.25) is 0 Å². The van der Waals surface area contributed by atoms with E-state index in [-0.39, 0.29) is 18.0 Å². The molecule has 3 rings (SSSR count). The number of carbonyl (C=O) groups is 1. The second-order valence-corrected chi connectivity index (χ2v) is 5.52. The van der Waals surface area contributed by atoms with Crippen LogP contribution in [0.3, 0.4) is 0 Å². The number of anilines is 1. The summed E-state index contributed by atoms with van der Waals surface area (Å²) in [7, 11) is 0. The molecular weight excluding hydrogens is 286 g/mol. The summed E-state index contributed by atoms with van der Waals surface area (Å²) in [5, 5.41) is 0. The topological polar surface area (TPSA) is 52.3 Å². The lowest BCUT2D eigenvalue weighted by atomic mass is 9.85. The fourth-order valence-corrected chi connectivity index (χ4v) is 2.91. The van der Waals surface area contributed by atoms with Crippen LogP contribution in [0.25, 0.3) is 11.1 Å². The van der Waals surface area contributed by atoms with Crippen molar-refractivity contribution >= 4 is 11.7 Å². The number of hydrogen-bond acceptors (Lipinski definition) is 3. The molecule has 0 saturated heterocycles. The third kappa shape index (κ3) is 3.19. The minimum Gasteiger partial charge on any atom is -0.454 e. The van der Waals surface area contributed by atoms with Crippen molar-refractivity contribution in [3.05, 3.63) is 78.4 Å². The summed E-state index contributed by atoms with van der Waals surface area (Å²) < 4.78 is 5.47. The van der Waals surface area contributed by atoms with E-state index >= 15 is 0 Å². The maximum Gasteiger partial charge on any atom is 0.331 e. The molecule has 0 fully saturated rings. The van der Waals surface area contributed by atoms with Crippen molar-refractivity contribution in [2.75, 3.05) is 5.73 Å². The molecule has 0 aromatic heterocycles. The second-order valence-electron chi connectivity index (χ2n) is 5.52. The smallest absolute Gasteiger partial charge is 0.331 e. The average Bonchev–Trinajstić information content (AvgIpc) is 2.56. The van der Waals surface area contributed by atoms with E-state index in [1.165, 1.54) is 6.08 Å². The minimum absolute atomic E-state index is 0.0531. The molecule has 0 amide bonds. The van der Waals surface area contributed by atoms with E-state index in [0.717, 1.165) is 16.7 Å². The molecule has 1 aliphatic heterocycles. The van der Waals surface area contributed by atoms with Crippen molar-refractivity contribution in [2.24, 2.45) is 0 Å². The quantitative estimate of drug-likeness (QED) is 0.528. The molecule has 0 radical (unpaired) electrons. The van der Waals surface area contributed by atoms with Crippen LogP contribution in [0.4, 0.5) is 5.69 Å². The Morgan fingerprint density at radius 3 is 2.65 bits per heavy atom. The first-order valence-corrected chi connectivity index (χ1v) is 7.65. The van der Waals surface area contributed by atoms with Gasteiger partial charge in [0.2, 0.25) is 0 Å². The number of ether oxygens (including phenoxy) is 1. The Morgan fingerprint density at radius 2 is 1.91 bits per heavy atom. The Balaban J connectivity index is 2.13. The Bertz CT molecular complexity index is 762. The van der Waals surface area contributed by atoms with Crippen molar-refractivity contribution < 1.29 is 9.53 Å². The van der Waals surface area contributed by atoms with E-state index in [9.17, 15) is 4.79 Å². The fraction of sp³-hybridized carbons (Fsp3) is 0.150. The van der Waals surface area contributed by atoms with E-state index in [0.29, 0.717) is 5.69 Å². The Kier molecular flexibility index (Phi) is 4.29. The van der Waals surface area contributed by atoms with Crippen LogP contribution in [0.15, 0.2) is 72.8 Å². The molecular formula is C20H19NO2. The summed E-state index contributed by atoms with van der Waals surface area (Å²) in [5.41, 5.74) is 9.98. The highest BCUT2D eigenvalue weighted by Crippen LogP contribution is 2.36. The van der Waals surface area contributed by atoms with Gasteiger partial charge in [-0.2, -0.15) is 0 Å². The summed E-state index contributed by atoms with van der Waals surface area (Å²) in [6.45, 7) is 1.92. The molecule has 1 heterocycles. The van der Waals surface area contributed by atoms with E-state index in [1.807, 2.05) is 61.5 Å². The van der Waals surface area contributed by atoms with Gasteiger partial charge in [0.1, 0.15) is 6.10 Å². The zero-order valence-corrected chi connectivity index (χ0v) is 13.0. The monoisotopic (exact) mass is 305 g/mol. The maximum atomic E-state index is 11.6. The molecule has 2 N–H and O–H groups in total. The van der Waals surface area contributed by atoms with Crippen molar-refractivity contribution in [1.82, 2.24) is 0 Å². The second kappa shape index (κ2) is 6.53. The van der Waals surface area contributed by atoms with Gasteiger partial charge in [0.05, 0.1) is 0 Å². The Hall–Kier alpha value is -2.81. The number of benzene rings is 2. The summed E-state index contributed by atoms with van der Waals surface area (Å²) >= 11 is 0. The van der Waals surface area contributed by atoms with Gasteiger partial charge in [-0.25, -0.2) is 4.79 Å². The zero-order chi connectivity index (χ0) is 16.2. The molecule has 116 valence electrons. The lowest BCUT2D eigenvalue weighted by Crippen LogP contribution is -2.26. The summed E-state index contributed by atoms with van der Waals surface area (Å²) in [6.07, 6.45) is 6.88. The number of allylic oxidation sites excluding steroid dienone is 1. The lowest BCUT2D eigenvalue weighted by molar-refractivity contribution is -0.142. The van der Waals surface area contributed by atoms with Crippen molar-refractivity contribution in [3.63, 3.8) is 0 Å². The number of esters is 1. The largest absolute Gasteiger partial charge is 0.454 e. The molecule has 0 aliphatic carbocycles. The summed E-state index contributed by atoms with van der Waals surface area (Å²) in [5.74, 6) is -0.364. The lowest BCUT2D eigenvalue weighted by Gasteiger charge is -2.27. The highest BCUT2D eigenvalue weighted by molar-refractivity contribution is 5.84. The molecule has 3 nitrogen and oxygen atoms in total. The third-order valence-electron chi connectivity index (χ3n) is 3.95. The van der Waals surface area contributed by atoms with Gasteiger partial charge in [-0.3, -0.25) is 0 Å². The minimum atomic E-state index is -0.318. The number of hydrogen-bond donors (Lipinski definition) is 1. The van der Waals surface area contributed by atoms with E-state index in [1.54, 1.807) is 0 Å². The summed E-state index contributed by atoms with van der Waals surface area (Å²) in [4.78, 5) is 11.6. The standard InChI is InChI=1S/C20H19NO2/c1-2-6-19-17(11-12-20(22)23-19)18-13-15(21)9-10-16(18)14-7-4-3-5-8-14/h2-13,17,19H,21H2,1H3/b6-2+/t17-,19+/m1/s1. The van der Waals surface area contributed by atoms with E-state index in [4.69, 9.17) is 10.5 Å². The maximum absolute atomic E-state index is 11.6. The van der Waals surface area contributed by atoms with Crippen LogP contribution in [0.1, 0.15) is 18.4 Å². The highest BCUT2D eigenvalue weighted by Gasteiger charge is 2.28. The molecule has 2 atom stereocenters. The SMILES string of the molecule is C/C=C/[C@@H]1OC(=O)C=C[C@@H]1c1cc(N)ccc1-c1ccccc1. The van der Waals surface area contributed by atoms with Gasteiger partial charge in [0, 0.05) is 17.7 Å². The molecule has 0 saturated carbocycles. The highest BCUT2D eigenvalue weighted by atomic mass is 16.5. The number of carbonyl (C=O) groups excluding carboxylic acids is 1. The molecule has 3 heteroatoms. The van der Waals surface area contributed by atoms with Crippen molar-refractivity contribution in [1.29, 1.82) is 0 Å². The average molecular weight is 305 g/mol. The number of cyclic esters (lactones) is 1. The molecule has 23 heavy (non-hydrogen) atoms.